The van der Waals surface area contributed by atoms with Crippen molar-refractivity contribution in [3.05, 3.63) is 21.6 Å². The van der Waals surface area contributed by atoms with Crippen LogP contribution >= 0.6 is 11.6 Å². The maximum absolute atomic E-state index is 12.7. The zero-order valence-electron chi connectivity index (χ0n) is 12.5. The van der Waals surface area contributed by atoms with Gasteiger partial charge in [-0.15, -0.1) is 0 Å². The van der Waals surface area contributed by atoms with E-state index in [1.54, 1.807) is 10.9 Å². The van der Waals surface area contributed by atoms with Gasteiger partial charge >= 0.3 is 0 Å². The lowest BCUT2D eigenvalue weighted by Crippen LogP contribution is -2.47. The third-order valence-electron chi connectivity index (χ3n) is 4.70. The minimum absolute atomic E-state index is 0.0566. The second-order valence-electron chi connectivity index (χ2n) is 6.45. The summed E-state index contributed by atoms with van der Waals surface area (Å²) in [5.74, 6) is 1.04. The lowest BCUT2D eigenvalue weighted by molar-refractivity contribution is 0.371. The van der Waals surface area contributed by atoms with Crippen molar-refractivity contribution in [1.82, 2.24) is 9.78 Å². The van der Waals surface area contributed by atoms with Gasteiger partial charge in [0.25, 0.3) is 5.56 Å². The number of hydrogen-bond donors (Lipinski definition) is 1. The standard InChI is InChI=1S/C15H23ClN4O/c1-10-2-3-12(6-17)8-19(10)14-13(16)7-18-20(15(14)21)9-11-4-5-11/h7,10-12H,2-6,8-9,17H2,1H3. The summed E-state index contributed by atoms with van der Waals surface area (Å²) >= 11 is 6.29. The Labute approximate surface area is 130 Å². The fourth-order valence-electron chi connectivity index (χ4n) is 3.08. The van der Waals surface area contributed by atoms with E-state index < -0.39 is 0 Å². The van der Waals surface area contributed by atoms with E-state index in [-0.39, 0.29) is 5.56 Å². The van der Waals surface area contributed by atoms with Gasteiger partial charge in [-0.1, -0.05) is 11.6 Å². The lowest BCUT2D eigenvalue weighted by atomic mass is 9.93. The maximum atomic E-state index is 12.7. The summed E-state index contributed by atoms with van der Waals surface area (Å²) in [4.78, 5) is 14.9. The molecule has 1 aliphatic heterocycles. The van der Waals surface area contributed by atoms with Gasteiger partial charge in [0.1, 0.15) is 5.69 Å². The van der Waals surface area contributed by atoms with E-state index in [0.29, 0.717) is 41.7 Å². The first-order valence-electron chi connectivity index (χ1n) is 7.82. The number of aromatic nitrogens is 2. The number of anilines is 1. The van der Waals surface area contributed by atoms with Crippen LogP contribution in [0, 0.1) is 11.8 Å². The van der Waals surface area contributed by atoms with Crippen LogP contribution in [0.1, 0.15) is 32.6 Å². The first kappa shape index (κ1) is 14.9. The molecule has 2 heterocycles. The summed E-state index contributed by atoms with van der Waals surface area (Å²) in [6.45, 7) is 4.32. The van der Waals surface area contributed by atoms with Gasteiger partial charge in [-0.25, -0.2) is 4.68 Å². The van der Waals surface area contributed by atoms with Gasteiger partial charge < -0.3 is 10.6 Å². The Morgan fingerprint density at radius 2 is 2.05 bits per heavy atom. The van der Waals surface area contributed by atoms with Crippen LogP contribution in [0.4, 0.5) is 5.69 Å². The predicted molar refractivity (Wildman–Crippen MR) is 84.8 cm³/mol. The number of nitrogens with zero attached hydrogens (tertiary/aromatic N) is 3. The molecular weight excluding hydrogens is 288 g/mol. The molecule has 1 saturated heterocycles. The molecule has 2 fully saturated rings. The highest BCUT2D eigenvalue weighted by molar-refractivity contribution is 6.33. The van der Waals surface area contributed by atoms with Gasteiger partial charge in [-0.3, -0.25) is 4.79 Å². The molecule has 5 nitrogen and oxygen atoms in total. The van der Waals surface area contributed by atoms with Gasteiger partial charge in [-0.05, 0) is 51.0 Å². The van der Waals surface area contributed by atoms with Crippen molar-refractivity contribution in [3.63, 3.8) is 0 Å². The third-order valence-corrected chi connectivity index (χ3v) is 4.98. The molecule has 0 spiro atoms. The third kappa shape index (κ3) is 3.09. The Morgan fingerprint density at radius 1 is 1.33 bits per heavy atom. The highest BCUT2D eigenvalue weighted by atomic mass is 35.5. The second kappa shape index (κ2) is 5.97. The Bertz CT molecular complexity index is 569. The van der Waals surface area contributed by atoms with E-state index in [1.807, 2.05) is 0 Å². The molecule has 116 valence electrons. The molecule has 1 saturated carbocycles. The van der Waals surface area contributed by atoms with Gasteiger partial charge in [-0.2, -0.15) is 5.10 Å². The van der Waals surface area contributed by atoms with E-state index in [0.717, 1.165) is 19.4 Å². The van der Waals surface area contributed by atoms with Crippen LogP contribution in [0.2, 0.25) is 5.02 Å². The number of piperidine rings is 1. The molecule has 0 aromatic carbocycles. The van der Waals surface area contributed by atoms with Gasteiger partial charge in [0.05, 0.1) is 11.2 Å². The van der Waals surface area contributed by atoms with Crippen molar-refractivity contribution in [2.45, 2.75) is 45.2 Å². The zero-order valence-corrected chi connectivity index (χ0v) is 13.2. The summed E-state index contributed by atoms with van der Waals surface area (Å²) in [6.07, 6.45) is 6.16. The van der Waals surface area contributed by atoms with Crippen LogP contribution in [0.25, 0.3) is 0 Å². The minimum atomic E-state index is -0.0566. The number of rotatable bonds is 4. The maximum Gasteiger partial charge on any atom is 0.291 e. The molecule has 2 N–H and O–H groups in total. The van der Waals surface area contributed by atoms with Crippen LogP contribution in [-0.4, -0.2) is 28.9 Å². The molecule has 2 unspecified atom stereocenters. The highest BCUT2D eigenvalue weighted by Crippen LogP contribution is 2.32. The first-order valence-corrected chi connectivity index (χ1v) is 8.20. The van der Waals surface area contributed by atoms with Crippen molar-refractivity contribution in [2.24, 2.45) is 17.6 Å². The van der Waals surface area contributed by atoms with Crippen LogP contribution in [0.15, 0.2) is 11.0 Å². The van der Waals surface area contributed by atoms with Crippen molar-refractivity contribution in [2.75, 3.05) is 18.0 Å². The Morgan fingerprint density at radius 3 is 2.71 bits per heavy atom. The predicted octanol–water partition coefficient (Wildman–Crippen LogP) is 1.87. The van der Waals surface area contributed by atoms with Crippen LogP contribution < -0.4 is 16.2 Å². The van der Waals surface area contributed by atoms with Crippen LogP contribution in [0.3, 0.4) is 0 Å². The van der Waals surface area contributed by atoms with Gasteiger partial charge in [0.2, 0.25) is 0 Å². The Kier molecular flexibility index (Phi) is 4.22. The van der Waals surface area contributed by atoms with E-state index in [9.17, 15) is 4.79 Å². The Balaban J connectivity index is 1.93. The van der Waals surface area contributed by atoms with Gasteiger partial charge in [0, 0.05) is 19.1 Å². The summed E-state index contributed by atoms with van der Waals surface area (Å²) in [6, 6.07) is 0.315. The average Bonchev–Trinajstić information content (AvgIpc) is 3.28. The van der Waals surface area contributed by atoms with Crippen LogP contribution in [-0.2, 0) is 6.54 Å². The normalized spacial score (nSPS) is 26.1. The molecule has 1 aromatic rings. The highest BCUT2D eigenvalue weighted by Gasteiger charge is 2.30. The molecule has 21 heavy (non-hydrogen) atoms. The number of hydrogen-bond acceptors (Lipinski definition) is 4. The van der Waals surface area contributed by atoms with Crippen LogP contribution in [0.5, 0.6) is 0 Å². The lowest BCUT2D eigenvalue weighted by Gasteiger charge is -2.39. The molecule has 3 rings (SSSR count). The second-order valence-corrected chi connectivity index (χ2v) is 6.86. The fraction of sp³-hybridized carbons (Fsp3) is 0.733. The summed E-state index contributed by atoms with van der Waals surface area (Å²) < 4.78 is 1.58. The fourth-order valence-corrected chi connectivity index (χ4v) is 3.31. The van der Waals surface area contributed by atoms with Crippen molar-refractivity contribution in [3.8, 4) is 0 Å². The Hall–Kier alpha value is -1.07. The molecule has 1 aliphatic carbocycles. The minimum Gasteiger partial charge on any atom is -0.363 e. The zero-order chi connectivity index (χ0) is 15.0. The molecule has 0 bridgehead atoms. The largest absolute Gasteiger partial charge is 0.363 e. The molecule has 0 radical (unpaired) electrons. The smallest absolute Gasteiger partial charge is 0.291 e. The van der Waals surface area contributed by atoms with Gasteiger partial charge in [0.15, 0.2) is 0 Å². The SMILES string of the molecule is CC1CCC(CN)CN1c1c(Cl)cnn(CC2CC2)c1=O. The van der Waals surface area contributed by atoms with Crippen molar-refractivity contribution >= 4 is 17.3 Å². The van der Waals surface area contributed by atoms with E-state index in [1.165, 1.54) is 12.8 Å². The summed E-state index contributed by atoms with van der Waals surface area (Å²) in [5.41, 5.74) is 6.37. The molecular formula is C15H23ClN4O. The molecule has 1 aromatic heterocycles. The summed E-state index contributed by atoms with van der Waals surface area (Å²) in [5, 5.41) is 4.65. The quantitative estimate of drug-likeness (QED) is 0.922. The molecule has 2 aliphatic rings. The molecule has 6 heteroatoms. The number of nitrogens with two attached hydrogens (primary N) is 1. The van der Waals surface area contributed by atoms with Crippen molar-refractivity contribution in [1.29, 1.82) is 0 Å². The number of halogens is 1. The topological polar surface area (TPSA) is 64.2 Å². The van der Waals surface area contributed by atoms with E-state index in [4.69, 9.17) is 17.3 Å². The van der Waals surface area contributed by atoms with E-state index in [2.05, 4.69) is 16.9 Å². The monoisotopic (exact) mass is 310 g/mol. The molecule has 2 atom stereocenters. The van der Waals surface area contributed by atoms with Crippen molar-refractivity contribution < 1.29 is 0 Å². The first-order chi connectivity index (χ1) is 10.1. The van der Waals surface area contributed by atoms with E-state index >= 15 is 0 Å². The molecule has 0 amide bonds. The summed E-state index contributed by atoms with van der Waals surface area (Å²) in [7, 11) is 0. The average molecular weight is 311 g/mol.